The smallest absolute Gasteiger partial charge is 0.385 e. The molecule has 0 saturated carbocycles. The third-order valence-corrected chi connectivity index (χ3v) is 2.83. The van der Waals surface area contributed by atoms with Gasteiger partial charge < -0.3 is 10.8 Å². The SMILES string of the molecule is NCCC(O)c1nnc2c(Cl)cc(C(F)(F)F)cn12. The van der Waals surface area contributed by atoms with Crippen LogP contribution in [0.25, 0.3) is 5.65 Å². The molecule has 0 aromatic carbocycles. The number of nitrogens with zero attached hydrogens (tertiary/aromatic N) is 3. The molecule has 0 aliphatic carbocycles. The van der Waals surface area contributed by atoms with Gasteiger partial charge in [-0.2, -0.15) is 13.2 Å². The molecule has 0 bridgehead atoms. The van der Waals surface area contributed by atoms with E-state index in [1.54, 1.807) is 0 Å². The van der Waals surface area contributed by atoms with Gasteiger partial charge in [-0.3, -0.25) is 4.40 Å². The first-order valence-corrected chi connectivity index (χ1v) is 5.72. The zero-order valence-corrected chi connectivity index (χ0v) is 10.3. The Kier molecular flexibility index (Phi) is 3.66. The van der Waals surface area contributed by atoms with Crippen molar-refractivity contribution in [3.63, 3.8) is 0 Å². The van der Waals surface area contributed by atoms with Gasteiger partial charge in [0.05, 0.1) is 10.6 Å². The first kappa shape index (κ1) is 14.0. The summed E-state index contributed by atoms with van der Waals surface area (Å²) in [5.74, 6) is -0.0200. The lowest BCUT2D eigenvalue weighted by atomic mass is 10.2. The highest BCUT2D eigenvalue weighted by molar-refractivity contribution is 6.33. The van der Waals surface area contributed by atoms with Gasteiger partial charge in [0.2, 0.25) is 0 Å². The van der Waals surface area contributed by atoms with E-state index in [2.05, 4.69) is 10.2 Å². The summed E-state index contributed by atoms with van der Waals surface area (Å²) in [5, 5.41) is 16.9. The van der Waals surface area contributed by atoms with Crippen LogP contribution in [-0.4, -0.2) is 26.2 Å². The predicted molar refractivity (Wildman–Crippen MR) is 61.6 cm³/mol. The lowest BCUT2D eigenvalue weighted by Gasteiger charge is -2.11. The van der Waals surface area contributed by atoms with Gasteiger partial charge >= 0.3 is 6.18 Å². The first-order chi connectivity index (χ1) is 8.84. The minimum atomic E-state index is -4.54. The van der Waals surface area contributed by atoms with Crippen molar-refractivity contribution >= 4 is 17.2 Å². The average Bonchev–Trinajstić information content (AvgIpc) is 2.72. The van der Waals surface area contributed by atoms with Crippen LogP contribution in [0.2, 0.25) is 5.02 Å². The minimum absolute atomic E-state index is 0.0200. The molecule has 0 fully saturated rings. The molecule has 1 atom stereocenters. The van der Waals surface area contributed by atoms with Gasteiger partial charge in [-0.15, -0.1) is 10.2 Å². The van der Waals surface area contributed by atoms with Gasteiger partial charge in [-0.25, -0.2) is 0 Å². The standard InChI is InChI=1S/C10H10ClF3N4O/c11-6-3-5(10(12,13)14)4-18-8(6)16-17-9(18)7(19)1-2-15/h3-4,7,19H,1-2,15H2. The number of aliphatic hydroxyl groups excluding tert-OH is 1. The Labute approximate surface area is 110 Å². The molecule has 0 radical (unpaired) electrons. The average molecular weight is 295 g/mol. The number of rotatable bonds is 3. The van der Waals surface area contributed by atoms with Crippen molar-refractivity contribution < 1.29 is 18.3 Å². The third-order valence-electron chi connectivity index (χ3n) is 2.55. The topological polar surface area (TPSA) is 76.4 Å². The van der Waals surface area contributed by atoms with Crippen molar-refractivity contribution in [1.29, 1.82) is 0 Å². The summed E-state index contributed by atoms with van der Waals surface area (Å²) in [5.41, 5.74) is 4.40. The molecular formula is C10H10ClF3N4O. The lowest BCUT2D eigenvalue weighted by molar-refractivity contribution is -0.137. The van der Waals surface area contributed by atoms with Crippen LogP contribution >= 0.6 is 11.6 Å². The maximum absolute atomic E-state index is 12.7. The first-order valence-electron chi connectivity index (χ1n) is 5.34. The summed E-state index contributed by atoms with van der Waals surface area (Å²) in [6.45, 7) is 0.169. The Morgan fingerprint density at radius 3 is 2.68 bits per heavy atom. The summed E-state index contributed by atoms with van der Waals surface area (Å²) >= 11 is 5.73. The van der Waals surface area contributed by atoms with Crippen LogP contribution < -0.4 is 5.73 Å². The van der Waals surface area contributed by atoms with Gasteiger partial charge in [0.25, 0.3) is 0 Å². The van der Waals surface area contributed by atoms with E-state index < -0.39 is 17.8 Å². The van der Waals surface area contributed by atoms with Crippen molar-refractivity contribution in [2.24, 2.45) is 5.73 Å². The summed E-state index contributed by atoms with van der Waals surface area (Å²) in [7, 11) is 0. The van der Waals surface area contributed by atoms with Gasteiger partial charge in [0.15, 0.2) is 11.5 Å². The molecule has 0 saturated heterocycles. The van der Waals surface area contributed by atoms with Crippen molar-refractivity contribution in [3.8, 4) is 0 Å². The van der Waals surface area contributed by atoms with Crippen LogP contribution in [0.3, 0.4) is 0 Å². The summed E-state index contributed by atoms with van der Waals surface area (Å²) in [4.78, 5) is 0. The summed E-state index contributed by atoms with van der Waals surface area (Å²) in [6.07, 6.45) is -4.68. The fraction of sp³-hybridized carbons (Fsp3) is 0.400. The monoisotopic (exact) mass is 294 g/mol. The number of alkyl halides is 3. The molecule has 2 aromatic heterocycles. The molecule has 1 unspecified atom stereocenters. The van der Waals surface area contributed by atoms with Gasteiger partial charge in [-0.05, 0) is 19.0 Å². The second-order valence-corrected chi connectivity index (χ2v) is 4.33. The second kappa shape index (κ2) is 4.95. The van der Waals surface area contributed by atoms with E-state index in [0.717, 1.165) is 16.7 Å². The number of aliphatic hydroxyl groups is 1. The van der Waals surface area contributed by atoms with Crippen LogP contribution in [0.1, 0.15) is 23.9 Å². The maximum Gasteiger partial charge on any atom is 0.417 e. The second-order valence-electron chi connectivity index (χ2n) is 3.92. The quantitative estimate of drug-likeness (QED) is 0.905. The highest BCUT2D eigenvalue weighted by Gasteiger charge is 2.32. The zero-order valence-electron chi connectivity index (χ0n) is 9.52. The fourth-order valence-electron chi connectivity index (χ4n) is 1.64. The van der Waals surface area contributed by atoms with E-state index in [4.69, 9.17) is 17.3 Å². The normalized spacial score (nSPS) is 14.0. The third kappa shape index (κ3) is 2.65. The number of hydrogen-bond donors (Lipinski definition) is 2. The Hall–Kier alpha value is -1.38. The number of aromatic nitrogens is 3. The zero-order chi connectivity index (χ0) is 14.2. The van der Waals surface area contributed by atoms with Crippen molar-refractivity contribution in [2.45, 2.75) is 18.7 Å². The summed E-state index contributed by atoms with van der Waals surface area (Å²) < 4.78 is 39.1. The van der Waals surface area contributed by atoms with Crippen LogP contribution in [-0.2, 0) is 6.18 Å². The van der Waals surface area contributed by atoms with E-state index in [1.165, 1.54) is 0 Å². The molecule has 3 N–H and O–H groups in total. The molecule has 9 heteroatoms. The molecule has 0 aliphatic heterocycles. The molecule has 2 aromatic rings. The van der Waals surface area contributed by atoms with Crippen LogP contribution in [0.4, 0.5) is 13.2 Å². The number of halogens is 4. The molecule has 0 amide bonds. The van der Waals surface area contributed by atoms with Gasteiger partial charge in [0, 0.05) is 6.20 Å². The largest absolute Gasteiger partial charge is 0.417 e. The van der Waals surface area contributed by atoms with Gasteiger partial charge in [0.1, 0.15) is 6.10 Å². The summed E-state index contributed by atoms with van der Waals surface area (Å²) in [6, 6.07) is 0.769. The van der Waals surface area contributed by atoms with Crippen molar-refractivity contribution in [1.82, 2.24) is 14.6 Å². The Morgan fingerprint density at radius 2 is 2.11 bits per heavy atom. The van der Waals surface area contributed by atoms with E-state index in [1.807, 2.05) is 0 Å². The Bertz CT molecular complexity index is 598. The molecule has 5 nitrogen and oxygen atoms in total. The molecule has 2 heterocycles. The number of fused-ring (bicyclic) bond motifs is 1. The highest BCUT2D eigenvalue weighted by Crippen LogP contribution is 2.32. The van der Waals surface area contributed by atoms with Crippen LogP contribution in [0.5, 0.6) is 0 Å². The van der Waals surface area contributed by atoms with E-state index in [0.29, 0.717) is 0 Å². The Morgan fingerprint density at radius 1 is 1.42 bits per heavy atom. The minimum Gasteiger partial charge on any atom is -0.385 e. The number of hydrogen-bond acceptors (Lipinski definition) is 4. The predicted octanol–water partition coefficient (Wildman–Crippen LogP) is 1.78. The maximum atomic E-state index is 12.7. The Balaban J connectivity index is 2.60. The van der Waals surface area contributed by atoms with E-state index >= 15 is 0 Å². The van der Waals surface area contributed by atoms with Crippen molar-refractivity contribution in [2.75, 3.05) is 6.54 Å². The molecule has 19 heavy (non-hydrogen) atoms. The van der Waals surface area contributed by atoms with Crippen LogP contribution in [0, 0.1) is 0 Å². The number of nitrogens with two attached hydrogens (primary N) is 1. The molecular weight excluding hydrogens is 285 g/mol. The molecule has 104 valence electrons. The molecule has 0 spiro atoms. The lowest BCUT2D eigenvalue weighted by Crippen LogP contribution is -2.12. The molecule has 2 rings (SSSR count). The van der Waals surface area contributed by atoms with E-state index in [-0.39, 0.29) is 29.5 Å². The number of pyridine rings is 1. The van der Waals surface area contributed by atoms with Crippen LogP contribution in [0.15, 0.2) is 12.3 Å². The van der Waals surface area contributed by atoms with Crippen molar-refractivity contribution in [3.05, 3.63) is 28.7 Å². The molecule has 0 aliphatic rings. The highest BCUT2D eigenvalue weighted by atomic mass is 35.5. The van der Waals surface area contributed by atoms with Gasteiger partial charge in [-0.1, -0.05) is 11.6 Å². The van der Waals surface area contributed by atoms with E-state index in [9.17, 15) is 18.3 Å². The fourth-order valence-corrected chi connectivity index (χ4v) is 1.89.